The third kappa shape index (κ3) is 5.20. The molecule has 0 saturated heterocycles. The Morgan fingerprint density at radius 1 is 1.13 bits per heavy atom. The molecule has 2 amide bonds. The maximum Gasteiger partial charge on any atom is 0.243 e. The number of rotatable bonds is 5. The van der Waals surface area contributed by atoms with Crippen LogP contribution >= 0.6 is 0 Å². The van der Waals surface area contributed by atoms with E-state index >= 15 is 0 Å². The van der Waals surface area contributed by atoms with Gasteiger partial charge in [-0.05, 0) is 37.5 Å². The van der Waals surface area contributed by atoms with Crippen molar-refractivity contribution >= 4 is 23.2 Å². The van der Waals surface area contributed by atoms with E-state index in [-0.39, 0.29) is 17.7 Å². The zero-order valence-electron chi connectivity index (χ0n) is 13.9. The van der Waals surface area contributed by atoms with Crippen LogP contribution in [-0.4, -0.2) is 17.5 Å². The fraction of sp³-hybridized carbons (Fsp3) is 0.500. The Balaban J connectivity index is 1.92. The summed E-state index contributed by atoms with van der Waals surface area (Å²) in [5, 5.41) is 7.01. The zero-order valence-corrected chi connectivity index (χ0v) is 13.9. The molecule has 0 heterocycles. The molecule has 0 unspecified atom stereocenters. The van der Waals surface area contributed by atoms with Crippen LogP contribution in [0.15, 0.2) is 29.4 Å². The van der Waals surface area contributed by atoms with Crippen LogP contribution in [0.2, 0.25) is 0 Å². The lowest BCUT2D eigenvalue weighted by Gasteiger charge is -2.19. The van der Waals surface area contributed by atoms with Crippen LogP contribution in [0.25, 0.3) is 0 Å². The lowest BCUT2D eigenvalue weighted by Crippen LogP contribution is -2.29. The van der Waals surface area contributed by atoms with E-state index in [1.807, 2.05) is 38.1 Å². The first kappa shape index (κ1) is 17.2. The number of carbonyl (C=O) groups excluding carboxylic acids is 2. The molecule has 1 aliphatic carbocycles. The summed E-state index contributed by atoms with van der Waals surface area (Å²) < 4.78 is 0. The van der Waals surface area contributed by atoms with Crippen molar-refractivity contribution in [3.63, 3.8) is 0 Å². The second kappa shape index (κ2) is 8.46. The summed E-state index contributed by atoms with van der Waals surface area (Å²) in [6.07, 6.45) is 5.87. The number of hydrazone groups is 1. The number of amides is 2. The van der Waals surface area contributed by atoms with Crippen molar-refractivity contribution in [3.05, 3.63) is 29.8 Å². The van der Waals surface area contributed by atoms with Gasteiger partial charge in [-0.25, -0.2) is 5.43 Å². The summed E-state index contributed by atoms with van der Waals surface area (Å²) in [6, 6.07) is 7.45. The largest absolute Gasteiger partial charge is 0.326 e. The van der Waals surface area contributed by atoms with Gasteiger partial charge in [0.2, 0.25) is 11.8 Å². The van der Waals surface area contributed by atoms with Gasteiger partial charge in [-0.2, -0.15) is 5.10 Å². The van der Waals surface area contributed by atoms with E-state index in [2.05, 4.69) is 15.8 Å². The molecule has 5 heteroatoms. The van der Waals surface area contributed by atoms with Gasteiger partial charge in [-0.1, -0.05) is 38.3 Å². The van der Waals surface area contributed by atoms with E-state index in [1.54, 1.807) is 0 Å². The smallest absolute Gasteiger partial charge is 0.243 e. The van der Waals surface area contributed by atoms with E-state index in [4.69, 9.17) is 0 Å². The van der Waals surface area contributed by atoms with Gasteiger partial charge in [0.25, 0.3) is 0 Å². The van der Waals surface area contributed by atoms with Gasteiger partial charge in [0.05, 0.1) is 5.71 Å². The molecule has 124 valence electrons. The Morgan fingerprint density at radius 3 is 2.39 bits per heavy atom. The van der Waals surface area contributed by atoms with Crippen LogP contribution in [-0.2, 0) is 9.59 Å². The van der Waals surface area contributed by atoms with E-state index < -0.39 is 0 Å². The van der Waals surface area contributed by atoms with E-state index in [0.717, 1.165) is 42.6 Å². The quantitative estimate of drug-likeness (QED) is 0.645. The average molecular weight is 315 g/mol. The molecule has 1 saturated carbocycles. The Morgan fingerprint density at radius 2 is 1.78 bits per heavy atom. The van der Waals surface area contributed by atoms with Crippen molar-refractivity contribution in [2.45, 2.75) is 52.4 Å². The molecule has 0 spiro atoms. The molecule has 0 aliphatic heterocycles. The molecule has 0 bridgehead atoms. The molecule has 0 radical (unpaired) electrons. The van der Waals surface area contributed by atoms with Crippen LogP contribution in [0.4, 0.5) is 5.69 Å². The average Bonchev–Trinajstić information content (AvgIpc) is 2.60. The molecule has 1 aromatic rings. The second-order valence-corrected chi connectivity index (χ2v) is 5.99. The van der Waals surface area contributed by atoms with Crippen molar-refractivity contribution in [1.29, 1.82) is 0 Å². The highest BCUT2D eigenvalue weighted by molar-refractivity contribution is 6.00. The minimum absolute atomic E-state index is 0.0112. The third-order valence-electron chi connectivity index (χ3n) is 4.22. The van der Waals surface area contributed by atoms with Crippen molar-refractivity contribution in [1.82, 2.24) is 5.43 Å². The Labute approximate surface area is 137 Å². The van der Waals surface area contributed by atoms with Gasteiger partial charge in [0.15, 0.2) is 0 Å². The normalized spacial score (nSPS) is 16.0. The Bertz CT molecular complexity index is 572. The predicted octanol–water partition coefficient (Wildman–Crippen LogP) is 3.46. The number of nitrogens with zero attached hydrogens (tertiary/aromatic N) is 1. The second-order valence-electron chi connectivity index (χ2n) is 5.99. The van der Waals surface area contributed by atoms with Crippen LogP contribution < -0.4 is 10.7 Å². The van der Waals surface area contributed by atoms with Gasteiger partial charge in [-0.3, -0.25) is 9.59 Å². The molecule has 1 fully saturated rings. The van der Waals surface area contributed by atoms with Crippen LogP contribution in [0, 0.1) is 5.92 Å². The van der Waals surface area contributed by atoms with Gasteiger partial charge in [-0.15, -0.1) is 0 Å². The highest BCUT2D eigenvalue weighted by Gasteiger charge is 2.20. The molecule has 0 atom stereocenters. The van der Waals surface area contributed by atoms with Gasteiger partial charge in [0.1, 0.15) is 0 Å². The molecular weight excluding hydrogens is 290 g/mol. The number of anilines is 1. The fourth-order valence-electron chi connectivity index (χ4n) is 2.70. The molecule has 23 heavy (non-hydrogen) atoms. The zero-order chi connectivity index (χ0) is 16.7. The monoisotopic (exact) mass is 315 g/mol. The summed E-state index contributed by atoms with van der Waals surface area (Å²) in [7, 11) is 0. The number of carbonyl (C=O) groups is 2. The number of hydrogen-bond acceptors (Lipinski definition) is 3. The summed E-state index contributed by atoms with van der Waals surface area (Å²) in [5.74, 6) is 0.116. The molecular formula is C18H25N3O2. The minimum atomic E-state index is -0.0112. The van der Waals surface area contributed by atoms with Crippen LogP contribution in [0.5, 0.6) is 0 Å². The number of nitrogens with one attached hydrogen (secondary N) is 2. The molecule has 5 nitrogen and oxygen atoms in total. The highest BCUT2D eigenvalue weighted by atomic mass is 16.2. The molecule has 2 rings (SSSR count). The van der Waals surface area contributed by atoms with Gasteiger partial charge in [0, 0.05) is 18.0 Å². The summed E-state index contributed by atoms with van der Waals surface area (Å²) in [4.78, 5) is 23.4. The molecule has 1 aliphatic rings. The minimum Gasteiger partial charge on any atom is -0.326 e. The van der Waals surface area contributed by atoms with Crippen molar-refractivity contribution in [2.24, 2.45) is 11.0 Å². The lowest BCUT2D eigenvalue weighted by atomic mass is 9.89. The summed E-state index contributed by atoms with van der Waals surface area (Å²) in [5.41, 5.74) is 5.12. The standard InChI is InChI=1S/C18H25N3O2/c1-3-17(22)19-16-11-9-14(10-12-16)13(2)20-21-18(23)15-7-5-4-6-8-15/h9-12,15H,3-8H2,1-2H3,(H,19,22)(H,21,23)/b20-13+. The number of hydrogen-bond donors (Lipinski definition) is 2. The van der Waals surface area contributed by atoms with Gasteiger partial charge >= 0.3 is 0 Å². The molecule has 0 aromatic heterocycles. The van der Waals surface area contributed by atoms with Crippen LogP contribution in [0.1, 0.15) is 57.9 Å². The van der Waals surface area contributed by atoms with Crippen molar-refractivity contribution in [3.8, 4) is 0 Å². The summed E-state index contributed by atoms with van der Waals surface area (Å²) in [6.45, 7) is 3.68. The maximum absolute atomic E-state index is 12.1. The van der Waals surface area contributed by atoms with E-state index in [1.165, 1.54) is 6.42 Å². The first-order chi connectivity index (χ1) is 11.1. The predicted molar refractivity (Wildman–Crippen MR) is 92.3 cm³/mol. The third-order valence-corrected chi connectivity index (χ3v) is 4.22. The topological polar surface area (TPSA) is 70.6 Å². The lowest BCUT2D eigenvalue weighted by molar-refractivity contribution is -0.125. The fourth-order valence-corrected chi connectivity index (χ4v) is 2.70. The maximum atomic E-state index is 12.1. The summed E-state index contributed by atoms with van der Waals surface area (Å²) >= 11 is 0. The first-order valence-corrected chi connectivity index (χ1v) is 8.34. The number of benzene rings is 1. The van der Waals surface area contributed by atoms with Gasteiger partial charge < -0.3 is 5.32 Å². The van der Waals surface area contributed by atoms with Crippen molar-refractivity contribution in [2.75, 3.05) is 5.32 Å². The first-order valence-electron chi connectivity index (χ1n) is 8.34. The molecule has 2 N–H and O–H groups in total. The van der Waals surface area contributed by atoms with Crippen LogP contribution in [0.3, 0.4) is 0 Å². The Hall–Kier alpha value is -2.17. The van der Waals surface area contributed by atoms with E-state index in [0.29, 0.717) is 6.42 Å². The van der Waals surface area contributed by atoms with Crippen molar-refractivity contribution < 1.29 is 9.59 Å². The Kier molecular flexibility index (Phi) is 6.32. The highest BCUT2D eigenvalue weighted by Crippen LogP contribution is 2.23. The SMILES string of the molecule is CCC(=O)Nc1ccc(/C(C)=N/NC(=O)C2CCCCC2)cc1. The molecule has 1 aromatic carbocycles. The van der Waals surface area contributed by atoms with E-state index in [9.17, 15) is 9.59 Å².